The molecule has 0 spiro atoms. The van der Waals surface area contributed by atoms with Crippen molar-refractivity contribution in [1.29, 1.82) is 0 Å². The summed E-state index contributed by atoms with van der Waals surface area (Å²) in [4.78, 5) is 12.3. The first-order chi connectivity index (χ1) is 13.6. The molecule has 3 aromatic rings. The van der Waals surface area contributed by atoms with Gasteiger partial charge in [0.15, 0.2) is 5.16 Å². The van der Waals surface area contributed by atoms with E-state index in [1.807, 2.05) is 36.6 Å². The van der Waals surface area contributed by atoms with Crippen molar-refractivity contribution in [3.8, 4) is 0 Å². The first kappa shape index (κ1) is 20.1. The van der Waals surface area contributed by atoms with E-state index in [1.165, 1.54) is 29.5 Å². The van der Waals surface area contributed by atoms with Gasteiger partial charge in [-0.05, 0) is 37.1 Å². The quantitative estimate of drug-likeness (QED) is 0.583. The summed E-state index contributed by atoms with van der Waals surface area (Å²) in [5.74, 6) is 0.742. The molecule has 5 nitrogen and oxygen atoms in total. The number of benzene rings is 2. The van der Waals surface area contributed by atoms with Crippen molar-refractivity contribution in [3.63, 3.8) is 0 Å². The molecule has 146 valence electrons. The second kappa shape index (κ2) is 9.50. The minimum Gasteiger partial charge on any atom is -0.349 e. The maximum absolute atomic E-state index is 13.0. The van der Waals surface area contributed by atoms with Gasteiger partial charge in [-0.1, -0.05) is 54.2 Å². The molecule has 1 atom stereocenters. The summed E-state index contributed by atoms with van der Waals surface area (Å²) in [5.41, 5.74) is 2.04. The summed E-state index contributed by atoms with van der Waals surface area (Å²) in [6, 6.07) is 16.1. The van der Waals surface area contributed by atoms with Crippen LogP contribution in [0.15, 0.2) is 59.8 Å². The molecule has 0 aliphatic carbocycles. The lowest BCUT2D eigenvalue weighted by Crippen LogP contribution is -2.28. The largest absolute Gasteiger partial charge is 0.349 e. The highest BCUT2D eigenvalue weighted by molar-refractivity contribution is 7.99. The Kier molecular flexibility index (Phi) is 6.81. The van der Waals surface area contributed by atoms with E-state index in [0.717, 1.165) is 23.1 Å². The van der Waals surface area contributed by atoms with Crippen molar-refractivity contribution in [3.05, 3.63) is 77.4 Å². The van der Waals surface area contributed by atoms with Crippen LogP contribution in [-0.4, -0.2) is 26.4 Å². The number of aromatic nitrogens is 3. The number of amides is 1. The number of nitrogens with one attached hydrogen (secondary N) is 1. The zero-order chi connectivity index (χ0) is 19.9. The fourth-order valence-electron chi connectivity index (χ4n) is 2.90. The number of carbonyl (C=O) groups excluding carboxylic acids is 1. The van der Waals surface area contributed by atoms with Gasteiger partial charge in [-0.15, -0.1) is 10.2 Å². The van der Waals surface area contributed by atoms with Crippen molar-refractivity contribution < 1.29 is 9.18 Å². The van der Waals surface area contributed by atoms with E-state index in [1.54, 1.807) is 12.1 Å². The van der Waals surface area contributed by atoms with Gasteiger partial charge >= 0.3 is 0 Å². The molecule has 28 heavy (non-hydrogen) atoms. The predicted octanol–water partition coefficient (Wildman–Crippen LogP) is 4.00. The Hall–Kier alpha value is -2.67. The van der Waals surface area contributed by atoms with Crippen LogP contribution in [0, 0.1) is 5.82 Å². The number of thioether (sulfide) groups is 1. The highest BCUT2D eigenvalue weighted by Gasteiger charge is 2.15. The summed E-state index contributed by atoms with van der Waals surface area (Å²) in [6.45, 7) is 4.66. The minimum absolute atomic E-state index is 0.0999. The highest BCUT2D eigenvalue weighted by Crippen LogP contribution is 2.19. The van der Waals surface area contributed by atoms with E-state index in [-0.39, 0.29) is 23.5 Å². The Morgan fingerprint density at radius 1 is 1.14 bits per heavy atom. The monoisotopic (exact) mass is 398 g/mol. The second-order valence-electron chi connectivity index (χ2n) is 6.43. The SMILES string of the molecule is CCn1c(Cc2ccccc2)nnc1SCC(=O)NC(C)c1ccc(F)cc1. The summed E-state index contributed by atoms with van der Waals surface area (Å²) in [6.07, 6.45) is 0.704. The van der Waals surface area contributed by atoms with E-state index in [2.05, 4.69) is 27.6 Å². The summed E-state index contributed by atoms with van der Waals surface area (Å²) in [7, 11) is 0. The molecule has 3 rings (SSSR count). The Morgan fingerprint density at radius 2 is 1.86 bits per heavy atom. The lowest BCUT2D eigenvalue weighted by Gasteiger charge is -2.14. The molecular formula is C21H23FN4OS. The third-order valence-corrected chi connectivity index (χ3v) is 5.36. The zero-order valence-corrected chi connectivity index (χ0v) is 16.7. The number of halogens is 1. The Bertz CT molecular complexity index is 912. The molecule has 1 aromatic heterocycles. The molecule has 1 N–H and O–H groups in total. The number of hydrogen-bond acceptors (Lipinski definition) is 4. The third kappa shape index (κ3) is 5.19. The summed E-state index contributed by atoms with van der Waals surface area (Å²) in [5, 5.41) is 12.2. The standard InChI is InChI=1S/C21H23FN4OS/c1-3-26-19(13-16-7-5-4-6-8-16)24-25-21(26)28-14-20(27)23-15(2)17-9-11-18(22)12-10-17/h4-12,15H,3,13-14H2,1-2H3,(H,23,27). The number of rotatable bonds is 8. The van der Waals surface area contributed by atoms with Gasteiger partial charge in [-0.3, -0.25) is 4.79 Å². The van der Waals surface area contributed by atoms with Crippen LogP contribution in [0.3, 0.4) is 0 Å². The van der Waals surface area contributed by atoms with Crippen molar-refractivity contribution in [2.75, 3.05) is 5.75 Å². The average Bonchev–Trinajstić information content (AvgIpc) is 3.09. The lowest BCUT2D eigenvalue weighted by molar-refractivity contribution is -0.119. The first-order valence-electron chi connectivity index (χ1n) is 9.20. The topological polar surface area (TPSA) is 59.8 Å². The third-order valence-electron chi connectivity index (χ3n) is 4.39. The fraction of sp³-hybridized carbons (Fsp3) is 0.286. The molecule has 7 heteroatoms. The molecule has 0 saturated carbocycles. The lowest BCUT2D eigenvalue weighted by atomic mass is 10.1. The maximum atomic E-state index is 13.0. The number of hydrogen-bond donors (Lipinski definition) is 1. The van der Waals surface area contributed by atoms with Gasteiger partial charge in [0.05, 0.1) is 11.8 Å². The second-order valence-corrected chi connectivity index (χ2v) is 7.38. The average molecular weight is 399 g/mol. The molecule has 1 heterocycles. The van der Waals surface area contributed by atoms with Crippen molar-refractivity contribution in [1.82, 2.24) is 20.1 Å². The normalized spacial score (nSPS) is 12.0. The number of carbonyl (C=O) groups is 1. The van der Waals surface area contributed by atoms with Gasteiger partial charge < -0.3 is 9.88 Å². The Balaban J connectivity index is 1.58. The summed E-state index contributed by atoms with van der Waals surface area (Å²) >= 11 is 1.37. The van der Waals surface area contributed by atoms with E-state index in [0.29, 0.717) is 6.42 Å². The van der Waals surface area contributed by atoms with Gasteiger partial charge in [-0.25, -0.2) is 4.39 Å². The molecule has 1 amide bonds. The van der Waals surface area contributed by atoms with E-state index in [9.17, 15) is 9.18 Å². The van der Waals surface area contributed by atoms with E-state index in [4.69, 9.17) is 0 Å². The molecule has 0 aliphatic heterocycles. The molecule has 0 aliphatic rings. The molecule has 2 aromatic carbocycles. The van der Waals surface area contributed by atoms with Gasteiger partial charge in [0.25, 0.3) is 0 Å². The van der Waals surface area contributed by atoms with Crippen LogP contribution in [0.5, 0.6) is 0 Å². The van der Waals surface area contributed by atoms with Gasteiger partial charge in [-0.2, -0.15) is 0 Å². The Morgan fingerprint density at radius 3 is 2.54 bits per heavy atom. The maximum Gasteiger partial charge on any atom is 0.230 e. The highest BCUT2D eigenvalue weighted by atomic mass is 32.2. The van der Waals surface area contributed by atoms with Crippen molar-refractivity contribution >= 4 is 17.7 Å². The van der Waals surface area contributed by atoms with Crippen LogP contribution in [-0.2, 0) is 17.8 Å². The van der Waals surface area contributed by atoms with Crippen LogP contribution in [0.1, 0.15) is 36.8 Å². The molecule has 0 radical (unpaired) electrons. The van der Waals surface area contributed by atoms with Gasteiger partial charge in [0, 0.05) is 13.0 Å². The van der Waals surface area contributed by atoms with Crippen molar-refractivity contribution in [2.24, 2.45) is 0 Å². The molecule has 0 bridgehead atoms. The minimum atomic E-state index is -0.289. The van der Waals surface area contributed by atoms with E-state index >= 15 is 0 Å². The van der Waals surface area contributed by atoms with E-state index < -0.39 is 0 Å². The first-order valence-corrected chi connectivity index (χ1v) is 10.2. The van der Waals surface area contributed by atoms with Crippen LogP contribution in [0.2, 0.25) is 0 Å². The molecule has 0 saturated heterocycles. The smallest absolute Gasteiger partial charge is 0.230 e. The van der Waals surface area contributed by atoms with Crippen LogP contribution < -0.4 is 5.32 Å². The molecular weight excluding hydrogens is 375 g/mol. The predicted molar refractivity (Wildman–Crippen MR) is 109 cm³/mol. The summed E-state index contributed by atoms with van der Waals surface area (Å²) < 4.78 is 15.1. The van der Waals surface area contributed by atoms with Crippen LogP contribution >= 0.6 is 11.8 Å². The molecule has 1 unspecified atom stereocenters. The fourth-order valence-corrected chi connectivity index (χ4v) is 3.73. The van der Waals surface area contributed by atoms with Crippen LogP contribution in [0.4, 0.5) is 4.39 Å². The van der Waals surface area contributed by atoms with Gasteiger partial charge in [0.1, 0.15) is 11.6 Å². The zero-order valence-electron chi connectivity index (χ0n) is 15.9. The number of nitrogens with zero attached hydrogens (tertiary/aromatic N) is 3. The van der Waals surface area contributed by atoms with Crippen LogP contribution in [0.25, 0.3) is 0 Å². The van der Waals surface area contributed by atoms with Crippen molar-refractivity contribution in [2.45, 2.75) is 38.0 Å². The Labute approximate surface area is 168 Å². The van der Waals surface area contributed by atoms with Gasteiger partial charge in [0.2, 0.25) is 5.91 Å². The molecule has 0 fully saturated rings.